The van der Waals surface area contributed by atoms with Gasteiger partial charge in [0.05, 0.1) is 30.5 Å². The monoisotopic (exact) mass is 257 g/mol. The highest BCUT2D eigenvalue weighted by Gasteiger charge is 1.96. The molecular weight excluding hydrogens is 238 g/mol. The maximum absolute atomic E-state index is 6.00. The van der Waals surface area contributed by atoms with Gasteiger partial charge in [0.2, 0.25) is 0 Å². The molecule has 4 heteroatoms. The van der Waals surface area contributed by atoms with Crippen LogP contribution in [0, 0.1) is 0 Å². The Morgan fingerprint density at radius 2 is 1.76 bits per heavy atom. The number of benzene rings is 1. The highest BCUT2D eigenvalue weighted by molar-refractivity contribution is 6.33. The summed E-state index contributed by atoms with van der Waals surface area (Å²) in [6.07, 6.45) is 1.05. The molecule has 96 valence electrons. The van der Waals surface area contributed by atoms with E-state index in [1.54, 1.807) is 0 Å². The molecule has 1 aromatic carbocycles. The number of nitrogens with one attached hydrogen (secondary N) is 1. The molecule has 0 spiro atoms. The molecule has 0 bridgehead atoms. The van der Waals surface area contributed by atoms with Gasteiger partial charge in [-0.05, 0) is 18.6 Å². The van der Waals surface area contributed by atoms with Crippen LogP contribution in [0.15, 0.2) is 24.3 Å². The highest BCUT2D eigenvalue weighted by atomic mass is 35.5. The van der Waals surface area contributed by atoms with Gasteiger partial charge < -0.3 is 14.8 Å². The minimum absolute atomic E-state index is 0.643. The van der Waals surface area contributed by atoms with E-state index >= 15 is 0 Å². The second-order valence-electron chi connectivity index (χ2n) is 3.63. The molecule has 0 aliphatic rings. The molecule has 0 aromatic heterocycles. The summed E-state index contributed by atoms with van der Waals surface area (Å²) >= 11 is 6.00. The molecule has 3 nitrogen and oxygen atoms in total. The number of halogens is 1. The summed E-state index contributed by atoms with van der Waals surface area (Å²) in [6, 6.07) is 7.68. The fraction of sp³-hybridized carbons (Fsp3) is 0.538. The molecular formula is C13H20ClNO2. The lowest BCUT2D eigenvalue weighted by Gasteiger charge is -2.08. The topological polar surface area (TPSA) is 30.5 Å². The molecule has 0 unspecified atom stereocenters. The normalized spacial score (nSPS) is 10.5. The average Bonchev–Trinajstić information content (AvgIpc) is 2.35. The summed E-state index contributed by atoms with van der Waals surface area (Å²) in [7, 11) is 0. The van der Waals surface area contributed by atoms with Crippen LogP contribution in [0.25, 0.3) is 0 Å². The van der Waals surface area contributed by atoms with Gasteiger partial charge in [0, 0.05) is 13.2 Å². The number of rotatable bonds is 9. The highest BCUT2D eigenvalue weighted by Crippen LogP contribution is 2.19. The number of anilines is 1. The van der Waals surface area contributed by atoms with Crippen LogP contribution in [0.3, 0.4) is 0 Å². The van der Waals surface area contributed by atoms with Crippen molar-refractivity contribution in [2.45, 2.75) is 13.3 Å². The van der Waals surface area contributed by atoms with Gasteiger partial charge in [-0.2, -0.15) is 0 Å². The lowest BCUT2D eigenvalue weighted by Crippen LogP contribution is -2.12. The molecule has 17 heavy (non-hydrogen) atoms. The summed E-state index contributed by atoms with van der Waals surface area (Å²) < 4.78 is 10.7. The second-order valence-corrected chi connectivity index (χ2v) is 4.04. The van der Waals surface area contributed by atoms with Crippen molar-refractivity contribution in [3.63, 3.8) is 0 Å². The minimum atomic E-state index is 0.643. The smallest absolute Gasteiger partial charge is 0.0701 e. The molecule has 0 saturated heterocycles. The SMILES string of the molecule is CCCOCCOCCNc1ccccc1Cl. The Kier molecular flexibility index (Phi) is 7.80. The Labute approximate surface area is 108 Å². The van der Waals surface area contributed by atoms with E-state index in [1.807, 2.05) is 24.3 Å². The molecule has 0 aliphatic carbocycles. The summed E-state index contributed by atoms with van der Waals surface area (Å²) in [5.74, 6) is 0. The van der Waals surface area contributed by atoms with Crippen LogP contribution in [0.2, 0.25) is 5.02 Å². The number of hydrogen-bond donors (Lipinski definition) is 1. The van der Waals surface area contributed by atoms with Crippen LogP contribution in [-0.4, -0.2) is 33.0 Å². The summed E-state index contributed by atoms with van der Waals surface area (Å²) in [4.78, 5) is 0. The molecule has 1 rings (SSSR count). The molecule has 0 radical (unpaired) electrons. The van der Waals surface area contributed by atoms with Crippen molar-refractivity contribution in [1.82, 2.24) is 0 Å². The molecule has 0 atom stereocenters. The fourth-order valence-electron chi connectivity index (χ4n) is 1.33. The van der Waals surface area contributed by atoms with E-state index in [1.165, 1.54) is 0 Å². The van der Waals surface area contributed by atoms with E-state index in [4.69, 9.17) is 21.1 Å². The van der Waals surface area contributed by atoms with Crippen molar-refractivity contribution >= 4 is 17.3 Å². The quantitative estimate of drug-likeness (QED) is 0.689. The standard InChI is InChI=1S/C13H20ClNO2/c1-2-8-16-10-11-17-9-7-15-13-6-4-3-5-12(13)14/h3-6,15H,2,7-11H2,1H3. The molecule has 0 fully saturated rings. The first-order valence-electron chi connectivity index (χ1n) is 5.98. The van der Waals surface area contributed by atoms with Gasteiger partial charge in [0.15, 0.2) is 0 Å². The first-order valence-corrected chi connectivity index (χ1v) is 6.36. The van der Waals surface area contributed by atoms with Crippen molar-refractivity contribution < 1.29 is 9.47 Å². The van der Waals surface area contributed by atoms with Gasteiger partial charge in [0.1, 0.15) is 0 Å². The number of para-hydroxylation sites is 1. The van der Waals surface area contributed by atoms with Crippen LogP contribution in [-0.2, 0) is 9.47 Å². The zero-order chi connectivity index (χ0) is 12.3. The predicted octanol–water partition coefficient (Wildman–Crippen LogP) is 3.20. The summed E-state index contributed by atoms with van der Waals surface area (Å²) in [5, 5.41) is 3.95. The van der Waals surface area contributed by atoms with Crippen molar-refractivity contribution in [1.29, 1.82) is 0 Å². The zero-order valence-electron chi connectivity index (χ0n) is 10.2. The third-order valence-electron chi connectivity index (χ3n) is 2.16. The molecule has 1 N–H and O–H groups in total. The second kappa shape index (κ2) is 9.28. The average molecular weight is 258 g/mol. The molecule has 0 saturated carbocycles. The van der Waals surface area contributed by atoms with Crippen LogP contribution < -0.4 is 5.32 Å². The van der Waals surface area contributed by atoms with Crippen molar-refractivity contribution in [3.8, 4) is 0 Å². The molecule has 1 aromatic rings. The van der Waals surface area contributed by atoms with Crippen LogP contribution >= 0.6 is 11.6 Å². The van der Waals surface area contributed by atoms with Gasteiger partial charge in [-0.25, -0.2) is 0 Å². The van der Waals surface area contributed by atoms with E-state index in [2.05, 4.69) is 12.2 Å². The van der Waals surface area contributed by atoms with Gasteiger partial charge in [-0.1, -0.05) is 30.7 Å². The van der Waals surface area contributed by atoms with E-state index < -0.39 is 0 Å². The summed E-state index contributed by atoms with van der Waals surface area (Å²) in [5.41, 5.74) is 0.944. The predicted molar refractivity (Wildman–Crippen MR) is 71.9 cm³/mol. The van der Waals surface area contributed by atoms with Crippen LogP contribution in [0.5, 0.6) is 0 Å². The van der Waals surface area contributed by atoms with E-state index in [-0.39, 0.29) is 0 Å². The first kappa shape index (κ1) is 14.3. The van der Waals surface area contributed by atoms with Crippen LogP contribution in [0.1, 0.15) is 13.3 Å². The van der Waals surface area contributed by atoms with Gasteiger partial charge in [-0.3, -0.25) is 0 Å². The zero-order valence-corrected chi connectivity index (χ0v) is 11.0. The Hall–Kier alpha value is -0.770. The molecule has 0 heterocycles. The fourth-order valence-corrected chi connectivity index (χ4v) is 1.53. The minimum Gasteiger partial charge on any atom is -0.382 e. The van der Waals surface area contributed by atoms with Crippen LogP contribution in [0.4, 0.5) is 5.69 Å². The Morgan fingerprint density at radius 3 is 2.47 bits per heavy atom. The largest absolute Gasteiger partial charge is 0.382 e. The van der Waals surface area contributed by atoms with Crippen molar-refractivity contribution in [3.05, 3.63) is 29.3 Å². The number of ether oxygens (including phenoxy) is 2. The molecule has 0 amide bonds. The Bertz CT molecular complexity index is 307. The summed E-state index contributed by atoms with van der Waals surface area (Å²) in [6.45, 7) is 5.61. The van der Waals surface area contributed by atoms with Gasteiger partial charge >= 0.3 is 0 Å². The molecule has 0 aliphatic heterocycles. The van der Waals surface area contributed by atoms with E-state index in [9.17, 15) is 0 Å². The van der Waals surface area contributed by atoms with Gasteiger partial charge in [-0.15, -0.1) is 0 Å². The first-order chi connectivity index (χ1) is 8.34. The lowest BCUT2D eigenvalue weighted by molar-refractivity contribution is 0.0519. The van der Waals surface area contributed by atoms with E-state index in [0.29, 0.717) is 19.8 Å². The number of hydrogen-bond acceptors (Lipinski definition) is 3. The maximum Gasteiger partial charge on any atom is 0.0701 e. The van der Waals surface area contributed by atoms with Gasteiger partial charge in [0.25, 0.3) is 0 Å². The van der Waals surface area contributed by atoms with Crippen molar-refractivity contribution in [2.75, 3.05) is 38.3 Å². The van der Waals surface area contributed by atoms with Crippen molar-refractivity contribution in [2.24, 2.45) is 0 Å². The Balaban J connectivity index is 1.99. The maximum atomic E-state index is 6.00. The van der Waals surface area contributed by atoms with E-state index in [0.717, 1.165) is 30.3 Å². The lowest BCUT2D eigenvalue weighted by atomic mass is 10.3. The third kappa shape index (κ3) is 6.51. The third-order valence-corrected chi connectivity index (χ3v) is 2.49. The Morgan fingerprint density at radius 1 is 1.06 bits per heavy atom.